The second-order valence-corrected chi connectivity index (χ2v) is 12.4. The summed E-state index contributed by atoms with van der Waals surface area (Å²) in [5.74, 6) is 0. The third-order valence-electron chi connectivity index (χ3n) is 7.48. The second-order valence-electron chi connectivity index (χ2n) is 10.3. The molecule has 0 radical (unpaired) electrons. The van der Waals surface area contributed by atoms with Crippen molar-refractivity contribution < 1.29 is 0 Å². The topological polar surface area (TPSA) is 4.93 Å². The predicted molar refractivity (Wildman–Crippen MR) is 194 cm³/mol. The first-order valence-electron chi connectivity index (χ1n) is 14.0. The molecule has 6 rings (SSSR count). The van der Waals surface area contributed by atoms with Gasteiger partial charge in [0, 0.05) is 30.7 Å². The third kappa shape index (κ3) is 5.96. The molecule has 0 aliphatic rings. The number of rotatable bonds is 9. The summed E-state index contributed by atoms with van der Waals surface area (Å²) in [4.78, 5) is 2.55. The Kier molecular flexibility index (Phi) is 8.11. The fourth-order valence-corrected chi connectivity index (χ4v) is 6.36. The fourth-order valence-electron chi connectivity index (χ4n) is 5.22. The lowest BCUT2D eigenvalue weighted by Gasteiger charge is -2.09. The zero-order valence-electron chi connectivity index (χ0n) is 23.8. The van der Waals surface area contributed by atoms with Crippen LogP contribution in [0.25, 0.3) is 59.5 Å². The van der Waals surface area contributed by atoms with Gasteiger partial charge < -0.3 is 4.57 Å². The number of aromatic nitrogens is 1. The van der Waals surface area contributed by atoms with Crippen molar-refractivity contribution in [2.75, 3.05) is 0 Å². The molecule has 0 saturated carbocycles. The minimum absolute atomic E-state index is 0.787. The van der Waals surface area contributed by atoms with Crippen molar-refractivity contribution in [2.45, 2.75) is 0 Å². The average molecular weight is 637 g/mol. The third-order valence-corrected chi connectivity index (χ3v) is 8.93. The number of benzene rings is 4. The van der Waals surface area contributed by atoms with Gasteiger partial charge in [0.2, 0.25) is 0 Å². The molecule has 0 spiro atoms. The molecule has 0 bridgehead atoms. The van der Waals surface area contributed by atoms with Gasteiger partial charge in [0.25, 0.3) is 0 Å². The number of halogens is 1. The number of para-hydroxylation sites is 1. The molecule has 0 aliphatic heterocycles. The zero-order valence-corrected chi connectivity index (χ0v) is 26.2. The number of nitrogens with zero attached hydrogens (tertiary/aromatic N) is 1. The number of allylic oxidation sites excluding steroid dienone is 8. The number of hydrogen-bond acceptors (Lipinski definition) is 1. The molecule has 0 saturated heterocycles. The van der Waals surface area contributed by atoms with Gasteiger partial charge in [-0.2, -0.15) is 0 Å². The first-order chi connectivity index (χ1) is 20.9. The quantitative estimate of drug-likeness (QED) is 0.139. The molecule has 0 aliphatic carbocycles. The Bertz CT molecular complexity index is 2080. The number of hydrogen-bond donors (Lipinski definition) is 0. The number of fused-ring (bicyclic) bond motifs is 3. The van der Waals surface area contributed by atoms with Crippen LogP contribution >= 0.6 is 27.3 Å². The molecule has 0 fully saturated rings. The van der Waals surface area contributed by atoms with Crippen molar-refractivity contribution in [3.8, 4) is 32.0 Å². The van der Waals surface area contributed by atoms with Crippen LogP contribution in [-0.2, 0) is 0 Å². The molecular weight excluding hydrogens is 606 g/mol. The van der Waals surface area contributed by atoms with Crippen LogP contribution in [0.5, 0.6) is 0 Å². The maximum absolute atomic E-state index is 4.41. The lowest BCUT2D eigenvalue weighted by Crippen LogP contribution is -1.93. The molecule has 6 aromatic rings. The highest BCUT2D eigenvalue weighted by molar-refractivity contribution is 9.11. The Morgan fingerprint density at radius 1 is 0.535 bits per heavy atom. The van der Waals surface area contributed by atoms with Crippen LogP contribution in [-0.4, -0.2) is 4.57 Å². The Morgan fingerprint density at radius 3 is 1.79 bits per heavy atom. The summed E-state index contributed by atoms with van der Waals surface area (Å²) in [5.41, 5.74) is 9.58. The van der Waals surface area contributed by atoms with E-state index in [9.17, 15) is 0 Å². The van der Waals surface area contributed by atoms with Crippen LogP contribution in [0.2, 0.25) is 0 Å². The highest BCUT2D eigenvalue weighted by Gasteiger charge is 2.13. The first-order valence-corrected chi connectivity index (χ1v) is 15.6. The minimum atomic E-state index is 0.787. The standard InChI is InChI=1S/C40H30BrNS/c1-27(14-16-29(3)41)28(2)15-17-30(4)42-37-13-9-8-12-35(37)36-26-34(22-23-38(36)42)31-18-20-33(21-19-31)40-25-24-39(43-40)32-10-6-5-7-11-32/h5-26H,1-4H2. The molecule has 3 heteroatoms. The van der Waals surface area contributed by atoms with Gasteiger partial charge >= 0.3 is 0 Å². The Labute approximate surface area is 265 Å². The van der Waals surface area contributed by atoms with Gasteiger partial charge in [0.15, 0.2) is 0 Å². The molecule has 0 amide bonds. The summed E-state index contributed by atoms with van der Waals surface area (Å²) in [6, 6.07) is 39.0. The van der Waals surface area contributed by atoms with E-state index in [1.54, 1.807) is 0 Å². The summed E-state index contributed by atoms with van der Waals surface area (Å²) >= 11 is 5.16. The molecule has 0 unspecified atom stereocenters. The van der Waals surface area contributed by atoms with Gasteiger partial charge in [0.05, 0.1) is 11.0 Å². The zero-order chi connectivity index (χ0) is 29.9. The summed E-state index contributed by atoms with van der Waals surface area (Å²) in [5, 5.41) is 2.39. The van der Waals surface area contributed by atoms with E-state index in [-0.39, 0.29) is 0 Å². The van der Waals surface area contributed by atoms with Crippen molar-refractivity contribution in [1.82, 2.24) is 4.57 Å². The van der Waals surface area contributed by atoms with Crippen molar-refractivity contribution in [2.24, 2.45) is 0 Å². The van der Waals surface area contributed by atoms with Crippen LogP contribution in [0.3, 0.4) is 0 Å². The van der Waals surface area contributed by atoms with E-state index in [0.717, 1.165) is 32.4 Å². The van der Waals surface area contributed by atoms with E-state index in [1.807, 2.05) is 35.6 Å². The molecule has 2 heterocycles. The highest BCUT2D eigenvalue weighted by atomic mass is 79.9. The summed E-state index contributed by atoms with van der Waals surface area (Å²) < 4.78 is 3.00. The Balaban J connectivity index is 1.30. The van der Waals surface area contributed by atoms with Crippen molar-refractivity contribution >= 4 is 54.8 Å². The molecular formula is C40H30BrNS. The Morgan fingerprint density at radius 2 is 1.09 bits per heavy atom. The minimum Gasteiger partial charge on any atom is -0.310 e. The van der Waals surface area contributed by atoms with Crippen LogP contribution in [0.1, 0.15) is 0 Å². The van der Waals surface area contributed by atoms with Gasteiger partial charge in [-0.15, -0.1) is 11.3 Å². The maximum Gasteiger partial charge on any atom is 0.0541 e. The van der Waals surface area contributed by atoms with Crippen molar-refractivity contribution in [3.05, 3.63) is 175 Å². The monoisotopic (exact) mass is 635 g/mol. The van der Waals surface area contributed by atoms with E-state index < -0.39 is 0 Å². The van der Waals surface area contributed by atoms with Crippen molar-refractivity contribution in [1.29, 1.82) is 0 Å². The largest absolute Gasteiger partial charge is 0.310 e. The fraction of sp³-hybridized carbons (Fsp3) is 0. The van der Waals surface area contributed by atoms with Crippen molar-refractivity contribution in [3.63, 3.8) is 0 Å². The number of thiophene rings is 1. The highest BCUT2D eigenvalue weighted by Crippen LogP contribution is 2.37. The van der Waals surface area contributed by atoms with E-state index >= 15 is 0 Å². The predicted octanol–water partition coefficient (Wildman–Crippen LogP) is 12.5. The first kappa shape index (κ1) is 28.4. The van der Waals surface area contributed by atoms with E-state index in [4.69, 9.17) is 0 Å². The lowest BCUT2D eigenvalue weighted by atomic mass is 10.0. The van der Waals surface area contributed by atoms with E-state index in [1.165, 1.54) is 42.8 Å². The van der Waals surface area contributed by atoms with Gasteiger partial charge in [0.1, 0.15) is 0 Å². The van der Waals surface area contributed by atoms with Crippen LogP contribution < -0.4 is 0 Å². The molecule has 4 aromatic carbocycles. The lowest BCUT2D eigenvalue weighted by molar-refractivity contribution is 1.24. The average Bonchev–Trinajstić information content (AvgIpc) is 3.66. The van der Waals surface area contributed by atoms with E-state index in [0.29, 0.717) is 0 Å². The van der Waals surface area contributed by atoms with Crippen LogP contribution in [0.4, 0.5) is 0 Å². The molecule has 2 aromatic heterocycles. The smallest absolute Gasteiger partial charge is 0.0541 e. The van der Waals surface area contributed by atoms with Gasteiger partial charge in [-0.3, -0.25) is 0 Å². The summed E-state index contributed by atoms with van der Waals surface area (Å²) in [6.45, 7) is 16.5. The molecule has 1 nitrogen and oxygen atoms in total. The van der Waals surface area contributed by atoms with Gasteiger partial charge in [-0.25, -0.2) is 0 Å². The summed E-state index contributed by atoms with van der Waals surface area (Å²) in [7, 11) is 0. The van der Waals surface area contributed by atoms with Crippen LogP contribution in [0.15, 0.2) is 175 Å². The van der Waals surface area contributed by atoms with Gasteiger partial charge in [-0.1, -0.05) is 133 Å². The SMILES string of the molecule is C=C(Br)C=CC(=C)C(=C)C=CC(=C)n1c2ccccc2c2cc(-c3ccc(-c4ccc(-c5ccccc5)s4)cc3)ccc21. The second kappa shape index (κ2) is 12.3. The Hall–Kier alpha value is -4.70. The summed E-state index contributed by atoms with van der Waals surface area (Å²) in [6.07, 6.45) is 7.71. The van der Waals surface area contributed by atoms with Gasteiger partial charge in [-0.05, 0) is 75.9 Å². The van der Waals surface area contributed by atoms with E-state index in [2.05, 4.69) is 156 Å². The normalized spacial score (nSPS) is 11.6. The van der Waals surface area contributed by atoms with Crippen LogP contribution in [0, 0.1) is 0 Å². The molecule has 0 atom stereocenters. The maximum atomic E-state index is 4.41. The molecule has 208 valence electrons. The molecule has 43 heavy (non-hydrogen) atoms. The molecule has 0 N–H and O–H groups in total.